The van der Waals surface area contributed by atoms with E-state index in [1.807, 2.05) is 0 Å². The van der Waals surface area contributed by atoms with Crippen LogP contribution in [0.15, 0.2) is 42.5 Å². The van der Waals surface area contributed by atoms with Gasteiger partial charge in [0, 0.05) is 16.7 Å². The Morgan fingerprint density at radius 3 is 2.16 bits per heavy atom. The summed E-state index contributed by atoms with van der Waals surface area (Å²) < 4.78 is 62.4. The Kier molecular flexibility index (Phi) is 6.67. The van der Waals surface area contributed by atoms with Gasteiger partial charge in [0.25, 0.3) is 0 Å². The highest BCUT2D eigenvalue weighted by Crippen LogP contribution is 2.52. The van der Waals surface area contributed by atoms with Gasteiger partial charge < -0.3 is 9.84 Å². The number of benzene rings is 3. The number of carbonyl (C=O) groups is 1. The van der Waals surface area contributed by atoms with Crippen molar-refractivity contribution in [2.75, 3.05) is 10.6 Å². The van der Waals surface area contributed by atoms with Crippen LogP contribution in [0.5, 0.6) is 0 Å². The van der Waals surface area contributed by atoms with E-state index in [0.29, 0.717) is 33.4 Å². The first-order valence-corrected chi connectivity index (χ1v) is 13.6. The molecule has 1 N–H and O–H groups in total. The summed E-state index contributed by atoms with van der Waals surface area (Å²) in [5.74, 6) is -2.26. The van der Waals surface area contributed by atoms with E-state index in [-0.39, 0.29) is 23.4 Å². The van der Waals surface area contributed by atoms with Gasteiger partial charge in [0.2, 0.25) is 10.0 Å². The van der Waals surface area contributed by atoms with E-state index >= 15 is 4.39 Å². The minimum Gasteiger partial charge on any atom is -0.479 e. The van der Waals surface area contributed by atoms with Crippen LogP contribution >= 0.6 is 0 Å². The van der Waals surface area contributed by atoms with Gasteiger partial charge >= 0.3 is 5.97 Å². The van der Waals surface area contributed by atoms with Crippen molar-refractivity contribution in [3.05, 3.63) is 76.4 Å². The van der Waals surface area contributed by atoms with Gasteiger partial charge in [-0.2, -0.15) is 0 Å². The number of aliphatic carboxylic acids is 1. The van der Waals surface area contributed by atoms with Crippen LogP contribution in [0.4, 0.5) is 14.5 Å². The van der Waals surface area contributed by atoms with Crippen LogP contribution in [0, 0.1) is 25.5 Å². The van der Waals surface area contributed by atoms with Gasteiger partial charge in [0.15, 0.2) is 6.10 Å². The predicted molar refractivity (Wildman–Crippen MR) is 139 cm³/mol. The highest BCUT2D eigenvalue weighted by Gasteiger charge is 2.39. The van der Waals surface area contributed by atoms with Gasteiger partial charge in [-0.05, 0) is 80.6 Å². The zero-order valence-electron chi connectivity index (χ0n) is 21.5. The number of hydrogen-bond donors (Lipinski definition) is 1. The fraction of sp³-hybridized carbons (Fsp3) is 0.321. The first kappa shape index (κ1) is 26.8. The molecular weight excluding hydrogens is 500 g/mol. The lowest BCUT2D eigenvalue weighted by molar-refractivity contribution is -0.160. The molecule has 0 fully saturated rings. The van der Waals surface area contributed by atoms with Gasteiger partial charge in [0.05, 0.1) is 24.1 Å². The van der Waals surface area contributed by atoms with Crippen LogP contribution in [0.25, 0.3) is 22.3 Å². The van der Waals surface area contributed by atoms with Crippen LogP contribution in [-0.4, -0.2) is 31.4 Å². The molecule has 0 amide bonds. The zero-order valence-corrected chi connectivity index (χ0v) is 22.3. The molecule has 1 aliphatic rings. The lowest BCUT2D eigenvalue weighted by atomic mass is 9.80. The Labute approximate surface area is 215 Å². The Bertz CT molecular complexity index is 1510. The van der Waals surface area contributed by atoms with E-state index in [0.717, 1.165) is 6.26 Å². The van der Waals surface area contributed by atoms with Crippen molar-refractivity contribution in [2.24, 2.45) is 0 Å². The van der Waals surface area contributed by atoms with Crippen molar-refractivity contribution < 1.29 is 31.8 Å². The quantitative estimate of drug-likeness (QED) is 0.430. The Morgan fingerprint density at radius 1 is 1.00 bits per heavy atom. The summed E-state index contributed by atoms with van der Waals surface area (Å²) >= 11 is 0. The normalized spacial score (nSPS) is 14.2. The van der Waals surface area contributed by atoms with E-state index in [2.05, 4.69) is 0 Å². The maximum atomic E-state index is 15.3. The molecule has 1 heterocycles. The number of sulfonamides is 1. The average molecular weight is 530 g/mol. The largest absolute Gasteiger partial charge is 0.479 e. The third-order valence-electron chi connectivity index (χ3n) is 6.42. The minimum atomic E-state index is -3.84. The molecule has 0 aliphatic carbocycles. The van der Waals surface area contributed by atoms with Gasteiger partial charge in [0.1, 0.15) is 11.6 Å². The van der Waals surface area contributed by atoms with Crippen molar-refractivity contribution in [3.8, 4) is 22.3 Å². The number of halogens is 2. The molecule has 1 atom stereocenters. The number of nitrogens with zero attached hydrogens (tertiary/aromatic N) is 1. The maximum absolute atomic E-state index is 15.3. The Morgan fingerprint density at radius 2 is 1.62 bits per heavy atom. The van der Waals surface area contributed by atoms with Crippen molar-refractivity contribution in [2.45, 2.75) is 52.9 Å². The summed E-state index contributed by atoms with van der Waals surface area (Å²) in [6, 6.07) is 10.0. The van der Waals surface area contributed by atoms with Crippen molar-refractivity contribution in [1.82, 2.24) is 0 Å². The first-order valence-electron chi connectivity index (χ1n) is 11.7. The highest BCUT2D eigenvalue weighted by atomic mass is 32.2. The second-order valence-electron chi connectivity index (χ2n) is 10.3. The maximum Gasteiger partial charge on any atom is 0.337 e. The Balaban J connectivity index is 2.23. The summed E-state index contributed by atoms with van der Waals surface area (Å²) in [4.78, 5) is 12.6. The molecule has 37 heavy (non-hydrogen) atoms. The van der Waals surface area contributed by atoms with Crippen LogP contribution in [0.2, 0.25) is 0 Å². The molecule has 0 spiro atoms. The van der Waals surface area contributed by atoms with Crippen molar-refractivity contribution in [3.63, 3.8) is 0 Å². The van der Waals surface area contributed by atoms with Crippen molar-refractivity contribution in [1.29, 1.82) is 0 Å². The SMILES string of the molecule is Cc1c(-c2ccc(F)cc2)c([C@H](OC(C)(C)C)C(=O)O)c(C)c2c1-c1c(F)cccc1CN2S(C)(=O)=O. The summed E-state index contributed by atoms with van der Waals surface area (Å²) in [5, 5.41) is 10.3. The second kappa shape index (κ2) is 9.22. The van der Waals surface area contributed by atoms with Gasteiger partial charge in [-0.3, -0.25) is 4.31 Å². The summed E-state index contributed by atoms with van der Waals surface area (Å²) in [5.41, 5.74) is 2.40. The smallest absolute Gasteiger partial charge is 0.337 e. The van der Waals surface area contributed by atoms with Crippen LogP contribution < -0.4 is 4.31 Å². The monoisotopic (exact) mass is 529 g/mol. The molecule has 0 saturated carbocycles. The second-order valence-corrected chi connectivity index (χ2v) is 12.2. The molecule has 0 unspecified atom stereocenters. The van der Waals surface area contributed by atoms with Gasteiger partial charge in [-0.25, -0.2) is 22.0 Å². The third kappa shape index (κ3) is 4.85. The molecular formula is C28H29F2NO5S. The summed E-state index contributed by atoms with van der Waals surface area (Å²) in [6.07, 6.45) is -0.420. The number of anilines is 1. The topological polar surface area (TPSA) is 83.9 Å². The molecule has 6 nitrogen and oxygen atoms in total. The number of rotatable bonds is 5. The number of carboxylic acid groups (broad SMARTS) is 1. The lowest BCUT2D eigenvalue weighted by Crippen LogP contribution is -2.35. The fourth-order valence-corrected chi connectivity index (χ4v) is 5.96. The first-order chi connectivity index (χ1) is 17.1. The highest BCUT2D eigenvalue weighted by molar-refractivity contribution is 7.92. The third-order valence-corrected chi connectivity index (χ3v) is 7.53. The van der Waals surface area contributed by atoms with Gasteiger partial charge in [-0.1, -0.05) is 24.3 Å². The van der Waals surface area contributed by atoms with E-state index in [4.69, 9.17) is 4.74 Å². The number of fused-ring (bicyclic) bond motifs is 3. The number of ether oxygens (including phenoxy) is 1. The van der Waals surface area contributed by atoms with E-state index in [1.165, 1.54) is 40.7 Å². The lowest BCUT2D eigenvalue weighted by Gasteiger charge is -2.37. The summed E-state index contributed by atoms with van der Waals surface area (Å²) in [7, 11) is -3.84. The fourth-order valence-electron chi connectivity index (χ4n) is 5.02. The molecule has 9 heteroatoms. The number of carboxylic acids is 1. The van der Waals surface area contributed by atoms with E-state index in [1.54, 1.807) is 40.7 Å². The van der Waals surface area contributed by atoms with Crippen molar-refractivity contribution >= 4 is 21.7 Å². The van der Waals surface area contributed by atoms with Crippen LogP contribution in [0.1, 0.15) is 49.1 Å². The van der Waals surface area contributed by atoms with Crippen LogP contribution in [0.3, 0.4) is 0 Å². The molecule has 1 aliphatic heterocycles. The standard InChI is InChI=1S/C28H29F2NO5S/c1-15-21(17-10-12-19(29)13-11-17)23(26(27(32)33)36-28(3,4)5)16(2)25-22(15)24-18(8-7-9-20(24)30)14-31(25)37(6,34)35/h7-13,26H,14H2,1-6H3,(H,32,33)/t26-/m0/s1. The molecule has 3 aromatic rings. The molecule has 196 valence electrons. The number of hydrogen-bond acceptors (Lipinski definition) is 4. The van der Waals surface area contributed by atoms with E-state index in [9.17, 15) is 22.7 Å². The van der Waals surface area contributed by atoms with E-state index < -0.39 is 39.3 Å². The molecule has 0 bridgehead atoms. The van der Waals surface area contributed by atoms with Gasteiger partial charge in [-0.15, -0.1) is 0 Å². The summed E-state index contributed by atoms with van der Waals surface area (Å²) in [6.45, 7) is 8.36. The minimum absolute atomic E-state index is 0.105. The van der Waals surface area contributed by atoms with Crippen LogP contribution in [-0.2, 0) is 26.1 Å². The molecule has 4 rings (SSSR count). The molecule has 0 radical (unpaired) electrons. The zero-order chi connectivity index (χ0) is 27.4. The predicted octanol–water partition coefficient (Wildman–Crippen LogP) is 6.14. The Hall–Kier alpha value is -3.30. The average Bonchev–Trinajstić information content (AvgIpc) is 2.78. The molecule has 3 aromatic carbocycles. The molecule has 0 aromatic heterocycles. The molecule has 0 saturated heterocycles.